The molecule has 0 saturated heterocycles. The number of nitrogens with zero attached hydrogens (tertiary/aromatic N) is 1. The number of esters is 1. The molecular formula is C12H9Cl2NO2. The smallest absolute Gasteiger partial charge is 0.348 e. The molecule has 0 aromatic heterocycles. The van der Waals surface area contributed by atoms with Crippen LogP contribution < -0.4 is 0 Å². The predicted octanol–water partition coefficient (Wildman–Crippen LogP) is 3.46. The van der Waals surface area contributed by atoms with E-state index in [1.165, 1.54) is 6.08 Å². The fraction of sp³-hybridized carbons (Fsp3) is 0.167. The van der Waals surface area contributed by atoms with Crippen molar-refractivity contribution in [2.45, 2.75) is 6.92 Å². The highest BCUT2D eigenvalue weighted by atomic mass is 35.5. The van der Waals surface area contributed by atoms with E-state index in [1.54, 1.807) is 31.2 Å². The Bertz CT molecular complexity index is 504. The summed E-state index contributed by atoms with van der Waals surface area (Å²) < 4.78 is 4.73. The minimum atomic E-state index is -0.675. The summed E-state index contributed by atoms with van der Waals surface area (Å²) in [6.45, 7) is 1.88. The van der Waals surface area contributed by atoms with Crippen LogP contribution in [-0.2, 0) is 9.53 Å². The summed E-state index contributed by atoms with van der Waals surface area (Å²) >= 11 is 11.8. The molecule has 0 N–H and O–H groups in total. The van der Waals surface area contributed by atoms with E-state index in [0.29, 0.717) is 15.6 Å². The first-order chi connectivity index (χ1) is 8.10. The number of nitriles is 1. The van der Waals surface area contributed by atoms with Crippen molar-refractivity contribution in [3.8, 4) is 6.07 Å². The predicted molar refractivity (Wildman–Crippen MR) is 66.7 cm³/mol. The molecule has 1 aromatic rings. The van der Waals surface area contributed by atoms with E-state index < -0.39 is 5.97 Å². The molecule has 5 heteroatoms. The molecule has 0 spiro atoms. The van der Waals surface area contributed by atoms with Gasteiger partial charge in [-0.15, -0.1) is 0 Å². The average molecular weight is 270 g/mol. The maximum absolute atomic E-state index is 11.4. The second-order valence-corrected chi connectivity index (χ2v) is 3.82. The summed E-state index contributed by atoms with van der Waals surface area (Å²) in [7, 11) is 0. The maximum Gasteiger partial charge on any atom is 0.348 e. The lowest BCUT2D eigenvalue weighted by Crippen LogP contribution is -2.06. The third-order valence-electron chi connectivity index (χ3n) is 1.90. The van der Waals surface area contributed by atoms with Gasteiger partial charge in [0.25, 0.3) is 0 Å². The summed E-state index contributed by atoms with van der Waals surface area (Å²) in [4.78, 5) is 11.4. The summed E-state index contributed by atoms with van der Waals surface area (Å²) in [5.74, 6) is -0.675. The zero-order chi connectivity index (χ0) is 12.8. The number of ether oxygens (including phenoxy) is 1. The first kappa shape index (κ1) is 13.6. The Morgan fingerprint density at radius 3 is 2.82 bits per heavy atom. The Labute approximate surface area is 109 Å². The van der Waals surface area contributed by atoms with Gasteiger partial charge in [0, 0.05) is 0 Å². The van der Waals surface area contributed by atoms with E-state index in [-0.39, 0.29) is 12.2 Å². The van der Waals surface area contributed by atoms with Crippen LogP contribution >= 0.6 is 23.2 Å². The molecule has 0 aliphatic heterocycles. The highest BCUT2D eigenvalue weighted by molar-refractivity contribution is 6.42. The molecule has 1 aromatic carbocycles. The summed E-state index contributed by atoms with van der Waals surface area (Å²) in [6.07, 6.45) is 1.35. The normalized spacial score (nSPS) is 10.8. The molecule has 0 amide bonds. The highest BCUT2D eigenvalue weighted by Crippen LogP contribution is 2.27. The lowest BCUT2D eigenvalue weighted by atomic mass is 10.1. The second-order valence-electron chi connectivity index (χ2n) is 3.03. The van der Waals surface area contributed by atoms with E-state index in [0.717, 1.165) is 0 Å². The van der Waals surface area contributed by atoms with Crippen LogP contribution in [0.3, 0.4) is 0 Å². The molecule has 17 heavy (non-hydrogen) atoms. The van der Waals surface area contributed by atoms with E-state index in [2.05, 4.69) is 0 Å². The molecule has 0 unspecified atom stereocenters. The van der Waals surface area contributed by atoms with Crippen LogP contribution in [0.5, 0.6) is 0 Å². The van der Waals surface area contributed by atoms with Crippen molar-refractivity contribution in [2.24, 2.45) is 0 Å². The summed E-state index contributed by atoms with van der Waals surface area (Å²) in [5, 5.41) is 9.51. The van der Waals surface area contributed by atoms with E-state index in [9.17, 15) is 4.79 Å². The second kappa shape index (κ2) is 6.29. The van der Waals surface area contributed by atoms with Crippen molar-refractivity contribution >= 4 is 35.2 Å². The van der Waals surface area contributed by atoms with Crippen molar-refractivity contribution < 1.29 is 9.53 Å². The number of carbonyl (C=O) groups excluding carboxylic acids is 1. The van der Waals surface area contributed by atoms with Gasteiger partial charge in [-0.05, 0) is 24.6 Å². The molecule has 3 nitrogen and oxygen atoms in total. The monoisotopic (exact) mass is 269 g/mol. The molecule has 0 radical (unpaired) electrons. The fourth-order valence-electron chi connectivity index (χ4n) is 1.13. The molecule has 0 aliphatic rings. The van der Waals surface area contributed by atoms with Gasteiger partial charge < -0.3 is 4.74 Å². The van der Waals surface area contributed by atoms with Gasteiger partial charge in [0.2, 0.25) is 0 Å². The quantitative estimate of drug-likeness (QED) is 0.480. The number of hydrogen-bond acceptors (Lipinski definition) is 3. The van der Waals surface area contributed by atoms with Crippen molar-refractivity contribution in [3.63, 3.8) is 0 Å². The molecular weight excluding hydrogens is 261 g/mol. The van der Waals surface area contributed by atoms with Gasteiger partial charge in [-0.2, -0.15) is 5.26 Å². The highest BCUT2D eigenvalue weighted by Gasteiger charge is 2.11. The first-order valence-electron chi connectivity index (χ1n) is 4.83. The Balaban J connectivity index is 3.12. The number of carbonyl (C=O) groups is 1. The SMILES string of the molecule is CCOC(=O)/C(C#N)=C/c1cccc(Cl)c1Cl. The van der Waals surface area contributed by atoms with Gasteiger partial charge in [0.05, 0.1) is 16.7 Å². The largest absolute Gasteiger partial charge is 0.462 e. The maximum atomic E-state index is 11.4. The van der Waals surface area contributed by atoms with Crippen molar-refractivity contribution in [1.29, 1.82) is 5.26 Å². The van der Waals surface area contributed by atoms with Crippen molar-refractivity contribution in [2.75, 3.05) is 6.61 Å². The molecule has 0 atom stereocenters. The van der Waals surface area contributed by atoms with Gasteiger partial charge in [0.15, 0.2) is 0 Å². The zero-order valence-electron chi connectivity index (χ0n) is 9.04. The Hall–Kier alpha value is -1.50. The summed E-state index contributed by atoms with van der Waals surface area (Å²) in [5.41, 5.74) is 0.389. The molecule has 0 heterocycles. The molecule has 1 rings (SSSR count). The summed E-state index contributed by atoms with van der Waals surface area (Å²) in [6, 6.07) is 6.73. The minimum absolute atomic E-state index is 0.115. The van der Waals surface area contributed by atoms with E-state index >= 15 is 0 Å². The Morgan fingerprint density at radius 2 is 2.24 bits per heavy atom. The first-order valence-corrected chi connectivity index (χ1v) is 5.58. The Morgan fingerprint density at radius 1 is 1.53 bits per heavy atom. The standard InChI is InChI=1S/C12H9Cl2NO2/c1-2-17-12(16)9(7-15)6-8-4-3-5-10(13)11(8)14/h3-6H,2H2,1H3/b9-6+. The molecule has 0 bridgehead atoms. The van der Waals surface area contributed by atoms with Crippen LogP contribution in [0.4, 0.5) is 0 Å². The van der Waals surface area contributed by atoms with Crippen LogP contribution in [0.2, 0.25) is 10.0 Å². The van der Waals surface area contributed by atoms with Crippen LogP contribution in [0.15, 0.2) is 23.8 Å². The fourth-order valence-corrected chi connectivity index (χ4v) is 1.50. The topological polar surface area (TPSA) is 50.1 Å². The van der Waals surface area contributed by atoms with Crippen molar-refractivity contribution in [1.82, 2.24) is 0 Å². The van der Waals surface area contributed by atoms with Crippen molar-refractivity contribution in [3.05, 3.63) is 39.4 Å². The number of rotatable bonds is 3. The zero-order valence-corrected chi connectivity index (χ0v) is 10.5. The van der Waals surface area contributed by atoms with Crippen LogP contribution in [0, 0.1) is 11.3 Å². The van der Waals surface area contributed by atoms with Gasteiger partial charge in [0.1, 0.15) is 11.6 Å². The lowest BCUT2D eigenvalue weighted by Gasteiger charge is -2.02. The number of halogens is 2. The van der Waals surface area contributed by atoms with Crippen LogP contribution in [0.25, 0.3) is 6.08 Å². The van der Waals surface area contributed by atoms with Gasteiger partial charge in [-0.1, -0.05) is 35.3 Å². The molecule has 0 fully saturated rings. The minimum Gasteiger partial charge on any atom is -0.462 e. The molecule has 0 saturated carbocycles. The van der Waals surface area contributed by atoms with Crippen LogP contribution in [0.1, 0.15) is 12.5 Å². The van der Waals surface area contributed by atoms with E-state index in [4.69, 9.17) is 33.2 Å². The average Bonchev–Trinajstić information content (AvgIpc) is 2.31. The number of benzene rings is 1. The molecule has 0 aliphatic carbocycles. The Kier molecular flexibility index (Phi) is 5.02. The number of hydrogen-bond donors (Lipinski definition) is 0. The van der Waals surface area contributed by atoms with E-state index in [1.807, 2.05) is 0 Å². The third-order valence-corrected chi connectivity index (χ3v) is 2.73. The van der Waals surface area contributed by atoms with Gasteiger partial charge in [-0.25, -0.2) is 4.79 Å². The third kappa shape index (κ3) is 3.48. The molecule has 88 valence electrons. The van der Waals surface area contributed by atoms with Gasteiger partial charge >= 0.3 is 5.97 Å². The lowest BCUT2D eigenvalue weighted by molar-refractivity contribution is -0.137. The van der Waals surface area contributed by atoms with Gasteiger partial charge in [-0.3, -0.25) is 0 Å². The van der Waals surface area contributed by atoms with Crippen LogP contribution in [-0.4, -0.2) is 12.6 Å².